The van der Waals surface area contributed by atoms with Crippen LogP contribution in [0, 0.1) is 6.92 Å². The molecule has 2 rings (SSSR count). The van der Waals surface area contributed by atoms with Crippen molar-refractivity contribution in [3.05, 3.63) is 47.7 Å². The first-order chi connectivity index (χ1) is 8.63. The highest BCUT2D eigenvalue weighted by Gasteiger charge is 2.14. The fraction of sp³-hybridized carbons (Fsp3) is 0.143. The zero-order chi connectivity index (χ0) is 13.1. The number of pyridine rings is 1. The van der Waals surface area contributed by atoms with E-state index in [1.165, 1.54) is 0 Å². The van der Waals surface area contributed by atoms with E-state index in [0.717, 1.165) is 16.9 Å². The van der Waals surface area contributed by atoms with Crippen LogP contribution in [0.2, 0.25) is 0 Å². The minimum absolute atomic E-state index is 0.200. The van der Waals surface area contributed by atoms with Gasteiger partial charge in [0, 0.05) is 11.8 Å². The molecular weight excluding hydrogens is 230 g/mol. The molecule has 0 bridgehead atoms. The van der Waals surface area contributed by atoms with Gasteiger partial charge in [0.25, 0.3) is 0 Å². The molecule has 0 aliphatic rings. The van der Waals surface area contributed by atoms with Crippen LogP contribution in [-0.2, 0) is 0 Å². The van der Waals surface area contributed by atoms with E-state index in [1.54, 1.807) is 31.5 Å². The Morgan fingerprint density at radius 2 is 2.11 bits per heavy atom. The van der Waals surface area contributed by atoms with Gasteiger partial charge in [-0.15, -0.1) is 0 Å². The number of benzene rings is 1. The van der Waals surface area contributed by atoms with Gasteiger partial charge >= 0.3 is 5.97 Å². The number of aryl methyl sites for hydroxylation is 1. The van der Waals surface area contributed by atoms with E-state index in [-0.39, 0.29) is 5.56 Å². The Morgan fingerprint density at radius 1 is 1.33 bits per heavy atom. The van der Waals surface area contributed by atoms with Crippen LogP contribution in [0.5, 0.6) is 5.75 Å². The van der Waals surface area contributed by atoms with Gasteiger partial charge in [-0.3, -0.25) is 4.98 Å². The third-order valence-electron chi connectivity index (χ3n) is 2.73. The SMILES string of the molecule is COc1ccc(-c2ncccc2C(=O)O)c(C)c1. The lowest BCUT2D eigenvalue weighted by molar-refractivity contribution is 0.0697. The molecule has 1 aromatic carbocycles. The van der Waals surface area contributed by atoms with Crippen molar-refractivity contribution in [2.45, 2.75) is 6.92 Å². The Labute approximate surface area is 105 Å². The van der Waals surface area contributed by atoms with Gasteiger partial charge in [-0.1, -0.05) is 0 Å². The Morgan fingerprint density at radius 3 is 2.72 bits per heavy atom. The number of methoxy groups -OCH3 is 1. The third-order valence-corrected chi connectivity index (χ3v) is 2.73. The van der Waals surface area contributed by atoms with Gasteiger partial charge in [0.05, 0.1) is 18.4 Å². The average molecular weight is 243 g/mol. The maximum Gasteiger partial charge on any atom is 0.337 e. The normalized spacial score (nSPS) is 10.1. The predicted octanol–water partition coefficient (Wildman–Crippen LogP) is 2.76. The molecule has 92 valence electrons. The van der Waals surface area contributed by atoms with Crippen molar-refractivity contribution in [1.29, 1.82) is 0 Å². The van der Waals surface area contributed by atoms with Gasteiger partial charge in [0.15, 0.2) is 0 Å². The molecule has 0 saturated carbocycles. The minimum Gasteiger partial charge on any atom is -0.497 e. The van der Waals surface area contributed by atoms with Gasteiger partial charge in [-0.05, 0) is 42.8 Å². The monoisotopic (exact) mass is 243 g/mol. The van der Waals surface area contributed by atoms with Gasteiger partial charge in [-0.2, -0.15) is 0 Å². The molecule has 4 nitrogen and oxygen atoms in total. The molecule has 0 unspecified atom stereocenters. The van der Waals surface area contributed by atoms with E-state index in [0.29, 0.717) is 5.69 Å². The van der Waals surface area contributed by atoms with Gasteiger partial charge in [0.2, 0.25) is 0 Å². The van der Waals surface area contributed by atoms with Crippen LogP contribution in [0.4, 0.5) is 0 Å². The molecule has 1 heterocycles. The topological polar surface area (TPSA) is 59.4 Å². The summed E-state index contributed by atoms with van der Waals surface area (Å²) in [6.07, 6.45) is 1.59. The van der Waals surface area contributed by atoms with Crippen molar-refractivity contribution in [2.24, 2.45) is 0 Å². The van der Waals surface area contributed by atoms with Crippen LogP contribution in [0.25, 0.3) is 11.3 Å². The summed E-state index contributed by atoms with van der Waals surface area (Å²) in [7, 11) is 1.60. The Bertz CT molecular complexity index is 593. The van der Waals surface area contributed by atoms with E-state index >= 15 is 0 Å². The fourth-order valence-corrected chi connectivity index (χ4v) is 1.82. The molecule has 2 aromatic rings. The van der Waals surface area contributed by atoms with Gasteiger partial charge in [0.1, 0.15) is 5.75 Å². The second-order valence-electron chi connectivity index (χ2n) is 3.89. The first-order valence-corrected chi connectivity index (χ1v) is 5.47. The number of rotatable bonds is 3. The van der Waals surface area contributed by atoms with Crippen molar-refractivity contribution in [1.82, 2.24) is 4.98 Å². The maximum atomic E-state index is 11.2. The van der Waals surface area contributed by atoms with Crippen molar-refractivity contribution >= 4 is 5.97 Å². The summed E-state index contributed by atoms with van der Waals surface area (Å²) in [4.78, 5) is 15.3. The molecule has 18 heavy (non-hydrogen) atoms. The smallest absolute Gasteiger partial charge is 0.337 e. The number of nitrogens with zero attached hydrogens (tertiary/aromatic N) is 1. The summed E-state index contributed by atoms with van der Waals surface area (Å²) in [5.41, 5.74) is 2.40. The van der Waals surface area contributed by atoms with Crippen LogP contribution in [-0.4, -0.2) is 23.2 Å². The lowest BCUT2D eigenvalue weighted by Crippen LogP contribution is -2.02. The van der Waals surface area contributed by atoms with E-state index < -0.39 is 5.97 Å². The molecule has 0 amide bonds. The van der Waals surface area contributed by atoms with Crippen molar-refractivity contribution < 1.29 is 14.6 Å². The number of hydrogen-bond acceptors (Lipinski definition) is 3. The highest BCUT2D eigenvalue weighted by molar-refractivity contribution is 5.95. The van der Waals surface area contributed by atoms with E-state index in [2.05, 4.69) is 4.98 Å². The molecule has 0 saturated heterocycles. The molecule has 1 aromatic heterocycles. The Balaban J connectivity index is 2.59. The minimum atomic E-state index is -0.978. The molecule has 0 aliphatic heterocycles. The predicted molar refractivity (Wildman–Crippen MR) is 67.9 cm³/mol. The third kappa shape index (κ3) is 2.18. The van der Waals surface area contributed by atoms with Crippen molar-refractivity contribution in [3.8, 4) is 17.0 Å². The number of aromatic carboxylic acids is 1. The van der Waals surface area contributed by atoms with Crippen molar-refractivity contribution in [3.63, 3.8) is 0 Å². The summed E-state index contributed by atoms with van der Waals surface area (Å²) in [6, 6.07) is 8.64. The quantitative estimate of drug-likeness (QED) is 0.900. The zero-order valence-corrected chi connectivity index (χ0v) is 10.2. The van der Waals surface area contributed by atoms with Gasteiger partial charge < -0.3 is 9.84 Å². The number of carbonyl (C=O) groups is 1. The van der Waals surface area contributed by atoms with Crippen molar-refractivity contribution in [2.75, 3.05) is 7.11 Å². The zero-order valence-electron chi connectivity index (χ0n) is 10.2. The lowest BCUT2D eigenvalue weighted by atomic mass is 10.0. The van der Waals surface area contributed by atoms with E-state index in [4.69, 9.17) is 9.84 Å². The summed E-state index contributed by atoms with van der Waals surface area (Å²) in [5.74, 6) is -0.239. The van der Waals surface area contributed by atoms with E-state index in [1.807, 2.05) is 19.1 Å². The second-order valence-corrected chi connectivity index (χ2v) is 3.89. The Hall–Kier alpha value is -2.36. The standard InChI is InChI=1S/C14H13NO3/c1-9-8-10(18-2)5-6-11(9)13-12(14(16)17)4-3-7-15-13/h3-8H,1-2H3,(H,16,17). The number of aromatic nitrogens is 1. The maximum absolute atomic E-state index is 11.2. The molecule has 4 heteroatoms. The summed E-state index contributed by atoms with van der Waals surface area (Å²) < 4.78 is 5.13. The summed E-state index contributed by atoms with van der Waals surface area (Å²) in [6.45, 7) is 1.90. The highest BCUT2D eigenvalue weighted by Crippen LogP contribution is 2.27. The first kappa shape index (κ1) is 12.1. The lowest BCUT2D eigenvalue weighted by Gasteiger charge is -2.09. The molecule has 0 atom stereocenters. The van der Waals surface area contributed by atoms with E-state index in [9.17, 15) is 4.79 Å². The summed E-state index contributed by atoms with van der Waals surface area (Å²) >= 11 is 0. The number of hydrogen-bond donors (Lipinski definition) is 1. The number of ether oxygens (including phenoxy) is 1. The van der Waals surface area contributed by atoms with Crippen LogP contribution < -0.4 is 4.74 Å². The van der Waals surface area contributed by atoms with Crippen LogP contribution in [0.1, 0.15) is 15.9 Å². The fourth-order valence-electron chi connectivity index (χ4n) is 1.82. The Kier molecular flexibility index (Phi) is 3.28. The summed E-state index contributed by atoms with van der Waals surface area (Å²) in [5, 5.41) is 9.15. The number of carboxylic acid groups (broad SMARTS) is 1. The highest BCUT2D eigenvalue weighted by atomic mass is 16.5. The van der Waals surface area contributed by atoms with Crippen LogP contribution in [0.15, 0.2) is 36.5 Å². The van der Waals surface area contributed by atoms with Crippen LogP contribution in [0.3, 0.4) is 0 Å². The molecule has 0 radical (unpaired) electrons. The molecule has 1 N–H and O–H groups in total. The molecule has 0 fully saturated rings. The van der Waals surface area contributed by atoms with Crippen LogP contribution >= 0.6 is 0 Å². The van der Waals surface area contributed by atoms with Gasteiger partial charge in [-0.25, -0.2) is 4.79 Å². The number of carboxylic acids is 1. The second kappa shape index (κ2) is 4.87. The first-order valence-electron chi connectivity index (χ1n) is 5.47. The molecule has 0 spiro atoms. The molecule has 0 aliphatic carbocycles. The average Bonchev–Trinajstić information content (AvgIpc) is 2.38. The molecular formula is C14H13NO3. The largest absolute Gasteiger partial charge is 0.497 e.